The molecule has 0 aromatic heterocycles. The fourth-order valence-electron chi connectivity index (χ4n) is 6.72. The first-order valence-corrected chi connectivity index (χ1v) is 17.0. The van der Waals surface area contributed by atoms with Crippen LogP contribution in [-0.4, -0.2) is 57.8 Å². The molecule has 1 N–H and O–H groups in total. The van der Waals surface area contributed by atoms with Crippen molar-refractivity contribution in [3.63, 3.8) is 0 Å². The van der Waals surface area contributed by atoms with Crippen molar-refractivity contribution >= 4 is 5.97 Å². The van der Waals surface area contributed by atoms with E-state index in [1.807, 2.05) is 18.2 Å². The molecule has 0 spiro atoms. The Morgan fingerprint density at radius 3 is 1.63 bits per heavy atom. The smallest absolute Gasteiger partial charge is 0.339 e. The third-order valence-corrected chi connectivity index (χ3v) is 11.0. The number of hydrogen-bond acceptors (Lipinski definition) is 5. The summed E-state index contributed by atoms with van der Waals surface area (Å²) in [5, 5.41) is 10.3. The Bertz CT molecular complexity index is 1420. The minimum absolute atomic E-state index is 0.0565. The Labute approximate surface area is 276 Å². The van der Waals surface area contributed by atoms with Gasteiger partial charge in [-0.2, -0.15) is 0 Å². The standard InChI is InChI=1S/C40H54O6/c1-9-38(5,10-2)28-13-16-31-32-17-14-29(39(6,11-3)12-4)27-35(32)40(7,34(31)26-28)30-15-18-36(33(25-30)37(41)42)46-24-23-45-22-21-44-20-19-43-8/h13-18,25-27H,9-12,19-24H2,1-8H3,(H,41,42). The molecule has 3 aromatic rings. The van der Waals surface area contributed by atoms with Crippen LogP contribution in [0.2, 0.25) is 0 Å². The van der Waals surface area contributed by atoms with Gasteiger partial charge in [0.15, 0.2) is 0 Å². The number of carbonyl (C=O) groups is 1. The molecule has 1 aliphatic carbocycles. The van der Waals surface area contributed by atoms with E-state index in [4.69, 9.17) is 18.9 Å². The Balaban J connectivity index is 1.74. The van der Waals surface area contributed by atoms with Crippen molar-refractivity contribution in [1.29, 1.82) is 0 Å². The van der Waals surface area contributed by atoms with Gasteiger partial charge in [0.1, 0.15) is 17.9 Å². The van der Waals surface area contributed by atoms with Gasteiger partial charge < -0.3 is 24.1 Å². The van der Waals surface area contributed by atoms with E-state index in [1.165, 1.54) is 33.4 Å². The van der Waals surface area contributed by atoms with Crippen LogP contribution in [0.25, 0.3) is 11.1 Å². The zero-order valence-corrected chi connectivity index (χ0v) is 29.3. The summed E-state index contributed by atoms with van der Waals surface area (Å²) in [6, 6.07) is 19.6. The van der Waals surface area contributed by atoms with E-state index in [1.54, 1.807) is 7.11 Å². The summed E-state index contributed by atoms with van der Waals surface area (Å²) in [6.07, 6.45) is 4.17. The lowest BCUT2D eigenvalue weighted by atomic mass is 9.70. The van der Waals surface area contributed by atoms with Crippen LogP contribution in [0.3, 0.4) is 0 Å². The van der Waals surface area contributed by atoms with Gasteiger partial charge in [0.25, 0.3) is 0 Å². The first-order chi connectivity index (χ1) is 22.0. The lowest BCUT2D eigenvalue weighted by molar-refractivity contribution is 0.0178. The van der Waals surface area contributed by atoms with Crippen LogP contribution < -0.4 is 4.74 Å². The number of aromatic carboxylic acids is 1. The summed E-state index contributed by atoms with van der Waals surface area (Å²) in [5.74, 6) is -0.669. The van der Waals surface area contributed by atoms with Crippen LogP contribution in [-0.2, 0) is 30.5 Å². The van der Waals surface area contributed by atoms with E-state index in [9.17, 15) is 9.90 Å². The topological polar surface area (TPSA) is 74.2 Å². The van der Waals surface area contributed by atoms with Crippen molar-refractivity contribution in [2.24, 2.45) is 0 Å². The molecule has 0 amide bonds. The van der Waals surface area contributed by atoms with Gasteiger partial charge in [0.05, 0.1) is 33.0 Å². The number of fused-ring (bicyclic) bond motifs is 3. The zero-order chi connectivity index (χ0) is 33.5. The highest BCUT2D eigenvalue weighted by Gasteiger charge is 2.43. The second-order valence-corrected chi connectivity index (χ2v) is 13.3. The van der Waals surface area contributed by atoms with Gasteiger partial charge in [-0.05, 0) is 94.5 Å². The summed E-state index contributed by atoms with van der Waals surface area (Å²) in [6.45, 7) is 18.5. The molecule has 0 aliphatic heterocycles. The molecule has 0 heterocycles. The van der Waals surface area contributed by atoms with Gasteiger partial charge in [0.2, 0.25) is 0 Å². The molecule has 0 bridgehead atoms. The number of methoxy groups -OCH3 is 1. The monoisotopic (exact) mass is 630 g/mol. The number of rotatable bonds is 18. The van der Waals surface area contributed by atoms with Crippen molar-refractivity contribution in [3.05, 3.63) is 88.0 Å². The van der Waals surface area contributed by atoms with E-state index < -0.39 is 11.4 Å². The van der Waals surface area contributed by atoms with E-state index in [0.717, 1.165) is 31.2 Å². The Morgan fingerprint density at radius 2 is 1.17 bits per heavy atom. The van der Waals surface area contributed by atoms with Gasteiger partial charge in [-0.1, -0.05) is 84.0 Å². The summed E-state index contributed by atoms with van der Waals surface area (Å²) in [5.41, 5.74) is 8.21. The molecule has 0 unspecified atom stereocenters. The normalized spacial score (nSPS) is 13.8. The van der Waals surface area contributed by atoms with Crippen molar-refractivity contribution in [2.75, 3.05) is 46.8 Å². The Kier molecular flexibility index (Phi) is 11.7. The van der Waals surface area contributed by atoms with Crippen molar-refractivity contribution in [3.8, 4) is 16.9 Å². The van der Waals surface area contributed by atoms with Crippen molar-refractivity contribution in [1.82, 2.24) is 0 Å². The Morgan fingerprint density at radius 1 is 0.696 bits per heavy atom. The molecule has 250 valence electrons. The van der Waals surface area contributed by atoms with Crippen LogP contribution in [0, 0.1) is 0 Å². The minimum atomic E-state index is -1.01. The van der Waals surface area contributed by atoms with Crippen LogP contribution in [0.5, 0.6) is 5.75 Å². The van der Waals surface area contributed by atoms with Gasteiger partial charge in [-0.25, -0.2) is 4.79 Å². The highest BCUT2D eigenvalue weighted by molar-refractivity contribution is 5.92. The molecule has 46 heavy (non-hydrogen) atoms. The fourth-order valence-corrected chi connectivity index (χ4v) is 6.72. The van der Waals surface area contributed by atoms with Crippen LogP contribution in [0.1, 0.15) is 112 Å². The lowest BCUT2D eigenvalue weighted by Crippen LogP contribution is -2.26. The third kappa shape index (κ3) is 6.90. The van der Waals surface area contributed by atoms with E-state index in [0.29, 0.717) is 38.8 Å². The van der Waals surface area contributed by atoms with Gasteiger partial charge in [-0.3, -0.25) is 0 Å². The largest absolute Gasteiger partial charge is 0.490 e. The molecule has 3 aromatic carbocycles. The number of benzene rings is 3. The zero-order valence-electron chi connectivity index (χ0n) is 29.3. The summed E-state index contributed by atoms with van der Waals surface area (Å²) < 4.78 is 22.0. The van der Waals surface area contributed by atoms with E-state index >= 15 is 0 Å². The van der Waals surface area contributed by atoms with E-state index in [2.05, 4.69) is 84.9 Å². The predicted octanol–water partition coefficient (Wildman–Crippen LogP) is 8.93. The molecule has 6 heteroatoms. The first kappa shape index (κ1) is 35.7. The molecule has 0 saturated heterocycles. The average Bonchev–Trinajstić information content (AvgIpc) is 3.34. The predicted molar refractivity (Wildman–Crippen MR) is 186 cm³/mol. The average molecular weight is 631 g/mol. The SMILES string of the molecule is CCC(C)(CC)c1ccc2c(c1)C(C)(c1ccc(OCCOCCOCCOC)c(C(=O)O)c1)c1cc(C(C)(CC)CC)ccc1-2. The molecule has 0 saturated carbocycles. The third-order valence-electron chi connectivity index (χ3n) is 11.0. The molecular formula is C40H54O6. The quantitative estimate of drug-likeness (QED) is 0.142. The number of carboxylic acids is 1. The Hall–Kier alpha value is -3.19. The molecule has 0 radical (unpaired) electrons. The number of carboxylic acid groups (broad SMARTS) is 1. The molecule has 6 nitrogen and oxygen atoms in total. The van der Waals surface area contributed by atoms with Crippen LogP contribution >= 0.6 is 0 Å². The van der Waals surface area contributed by atoms with Crippen molar-refractivity contribution in [2.45, 2.75) is 90.4 Å². The van der Waals surface area contributed by atoms with Crippen LogP contribution in [0.4, 0.5) is 0 Å². The fraction of sp³-hybridized carbons (Fsp3) is 0.525. The highest BCUT2D eigenvalue weighted by atomic mass is 16.6. The van der Waals surface area contributed by atoms with Gasteiger partial charge in [-0.15, -0.1) is 0 Å². The van der Waals surface area contributed by atoms with Gasteiger partial charge >= 0.3 is 5.97 Å². The second-order valence-electron chi connectivity index (χ2n) is 13.3. The van der Waals surface area contributed by atoms with Crippen molar-refractivity contribution < 1.29 is 28.8 Å². The summed E-state index contributed by atoms with van der Waals surface area (Å²) >= 11 is 0. The molecule has 0 fully saturated rings. The van der Waals surface area contributed by atoms with Crippen LogP contribution in [0.15, 0.2) is 54.6 Å². The maximum Gasteiger partial charge on any atom is 0.339 e. The lowest BCUT2D eigenvalue weighted by Gasteiger charge is -2.33. The number of hydrogen-bond donors (Lipinski definition) is 1. The molecule has 1 aliphatic rings. The maximum absolute atomic E-state index is 12.6. The van der Waals surface area contributed by atoms with E-state index in [-0.39, 0.29) is 23.0 Å². The van der Waals surface area contributed by atoms with Gasteiger partial charge in [0, 0.05) is 12.5 Å². The molecule has 4 rings (SSSR count). The molecular weight excluding hydrogens is 576 g/mol. The minimum Gasteiger partial charge on any atom is -0.490 e. The second kappa shape index (κ2) is 15.1. The molecule has 0 atom stereocenters. The first-order valence-electron chi connectivity index (χ1n) is 17.0. The highest BCUT2D eigenvalue weighted by Crippen LogP contribution is 2.55. The maximum atomic E-state index is 12.6. The number of ether oxygens (including phenoxy) is 4. The summed E-state index contributed by atoms with van der Waals surface area (Å²) in [4.78, 5) is 12.6. The summed E-state index contributed by atoms with van der Waals surface area (Å²) in [7, 11) is 1.64.